The normalized spacial score (nSPS) is 29.8. The van der Waals surface area contributed by atoms with Crippen molar-refractivity contribution in [1.29, 1.82) is 0 Å². The fourth-order valence-corrected chi connectivity index (χ4v) is 3.32. The van der Waals surface area contributed by atoms with Crippen molar-refractivity contribution in [2.24, 2.45) is 5.92 Å². The summed E-state index contributed by atoms with van der Waals surface area (Å²) in [4.78, 5) is 25.3. The van der Waals surface area contributed by atoms with E-state index in [4.69, 9.17) is 5.11 Å². The van der Waals surface area contributed by atoms with Crippen LogP contribution in [0.3, 0.4) is 0 Å². The minimum atomic E-state index is -0.752. The number of amides is 1. The van der Waals surface area contributed by atoms with Crippen molar-refractivity contribution in [3.8, 4) is 0 Å². The highest BCUT2D eigenvalue weighted by Crippen LogP contribution is 2.42. The Morgan fingerprint density at radius 2 is 2.00 bits per heavy atom. The molecule has 2 aliphatic heterocycles. The summed E-state index contributed by atoms with van der Waals surface area (Å²) >= 11 is 0. The standard InChI is InChI=1S/C14H24N2O3/c1-14(2,3)15-7-6-12(17)16-9-4-5-11(16)10(8-9)13(18)19/h9-11,15H,4-8H2,1-3H3,(H,18,19). The predicted octanol–water partition coefficient (Wildman–Crippen LogP) is 1.23. The van der Waals surface area contributed by atoms with E-state index in [1.165, 1.54) is 0 Å². The number of carbonyl (C=O) groups is 2. The molecule has 19 heavy (non-hydrogen) atoms. The largest absolute Gasteiger partial charge is 0.481 e. The smallest absolute Gasteiger partial charge is 0.308 e. The molecule has 2 rings (SSSR count). The van der Waals surface area contributed by atoms with Crippen LogP contribution in [0.5, 0.6) is 0 Å². The Kier molecular flexibility index (Phi) is 3.85. The van der Waals surface area contributed by atoms with Gasteiger partial charge in [0, 0.05) is 30.6 Å². The van der Waals surface area contributed by atoms with Gasteiger partial charge in [-0.1, -0.05) is 0 Å². The maximum absolute atomic E-state index is 12.3. The highest BCUT2D eigenvalue weighted by atomic mass is 16.4. The number of fused-ring (bicyclic) bond motifs is 2. The van der Waals surface area contributed by atoms with Gasteiger partial charge >= 0.3 is 5.97 Å². The fraction of sp³-hybridized carbons (Fsp3) is 0.857. The minimum Gasteiger partial charge on any atom is -0.481 e. The Labute approximate surface area is 114 Å². The lowest BCUT2D eigenvalue weighted by molar-refractivity contribution is -0.143. The highest BCUT2D eigenvalue weighted by Gasteiger charge is 2.50. The van der Waals surface area contributed by atoms with Gasteiger partial charge in [0.15, 0.2) is 0 Å². The van der Waals surface area contributed by atoms with Crippen LogP contribution in [-0.4, -0.2) is 46.1 Å². The lowest BCUT2D eigenvalue weighted by atomic mass is 9.89. The van der Waals surface area contributed by atoms with Gasteiger partial charge in [-0.05, 0) is 40.0 Å². The second kappa shape index (κ2) is 5.12. The van der Waals surface area contributed by atoms with Crippen LogP contribution in [0.4, 0.5) is 0 Å². The summed E-state index contributed by atoms with van der Waals surface area (Å²) in [5, 5.41) is 12.5. The van der Waals surface area contributed by atoms with Crippen LogP contribution in [0.15, 0.2) is 0 Å². The molecule has 2 aliphatic rings. The lowest BCUT2D eigenvalue weighted by Crippen LogP contribution is -2.42. The van der Waals surface area contributed by atoms with Crippen LogP contribution in [-0.2, 0) is 9.59 Å². The summed E-state index contributed by atoms with van der Waals surface area (Å²) in [5.41, 5.74) is 0.00781. The van der Waals surface area contributed by atoms with Gasteiger partial charge in [-0.3, -0.25) is 9.59 Å². The average molecular weight is 268 g/mol. The second-order valence-corrected chi connectivity index (χ2v) is 6.71. The second-order valence-electron chi connectivity index (χ2n) is 6.71. The maximum Gasteiger partial charge on any atom is 0.308 e. The molecule has 5 nitrogen and oxygen atoms in total. The molecule has 2 heterocycles. The summed E-state index contributed by atoms with van der Waals surface area (Å²) in [5.74, 6) is -0.996. The molecule has 0 spiro atoms. The van der Waals surface area contributed by atoms with Crippen molar-refractivity contribution >= 4 is 11.9 Å². The van der Waals surface area contributed by atoms with Crippen LogP contribution in [0.25, 0.3) is 0 Å². The molecule has 3 atom stereocenters. The third-order valence-electron chi connectivity index (χ3n) is 4.14. The van der Waals surface area contributed by atoms with E-state index in [1.54, 1.807) is 0 Å². The molecule has 2 fully saturated rings. The maximum atomic E-state index is 12.3. The van der Waals surface area contributed by atoms with Crippen molar-refractivity contribution in [3.05, 3.63) is 0 Å². The van der Waals surface area contributed by atoms with Gasteiger partial charge in [0.1, 0.15) is 0 Å². The zero-order valence-corrected chi connectivity index (χ0v) is 12.0. The van der Waals surface area contributed by atoms with Crippen molar-refractivity contribution in [3.63, 3.8) is 0 Å². The number of carboxylic acid groups (broad SMARTS) is 1. The van der Waals surface area contributed by atoms with Crippen LogP contribution in [0.1, 0.15) is 46.5 Å². The summed E-state index contributed by atoms with van der Waals surface area (Å²) in [7, 11) is 0. The van der Waals surface area contributed by atoms with Crippen molar-refractivity contribution in [1.82, 2.24) is 10.2 Å². The van der Waals surface area contributed by atoms with Crippen LogP contribution < -0.4 is 5.32 Å². The number of aliphatic carboxylic acids is 1. The Hall–Kier alpha value is -1.10. The third kappa shape index (κ3) is 3.08. The van der Waals surface area contributed by atoms with Gasteiger partial charge in [-0.2, -0.15) is 0 Å². The van der Waals surface area contributed by atoms with Crippen molar-refractivity contribution in [2.45, 2.75) is 64.1 Å². The Bertz CT molecular complexity index is 375. The van der Waals surface area contributed by atoms with Crippen LogP contribution in [0, 0.1) is 5.92 Å². The number of hydrogen-bond acceptors (Lipinski definition) is 3. The molecule has 2 bridgehead atoms. The number of nitrogens with zero attached hydrogens (tertiary/aromatic N) is 1. The number of carboxylic acids is 1. The lowest BCUT2D eigenvalue weighted by Gasteiger charge is -2.25. The van der Waals surface area contributed by atoms with Gasteiger partial charge in [0.05, 0.1) is 5.92 Å². The van der Waals surface area contributed by atoms with E-state index in [2.05, 4.69) is 26.1 Å². The predicted molar refractivity (Wildman–Crippen MR) is 71.8 cm³/mol. The van der Waals surface area contributed by atoms with Crippen molar-refractivity contribution in [2.75, 3.05) is 6.54 Å². The van der Waals surface area contributed by atoms with E-state index in [-0.39, 0.29) is 29.4 Å². The molecule has 0 aromatic carbocycles. The average Bonchev–Trinajstić information content (AvgIpc) is 2.83. The number of rotatable bonds is 4. The molecular weight excluding hydrogens is 244 g/mol. The molecule has 0 radical (unpaired) electrons. The van der Waals surface area contributed by atoms with Gasteiger partial charge in [-0.25, -0.2) is 0 Å². The van der Waals surface area contributed by atoms with E-state index in [1.807, 2.05) is 4.90 Å². The molecular formula is C14H24N2O3. The monoisotopic (exact) mass is 268 g/mol. The highest BCUT2D eigenvalue weighted by molar-refractivity contribution is 5.80. The number of nitrogens with one attached hydrogen (secondary N) is 1. The van der Waals surface area contributed by atoms with E-state index < -0.39 is 5.97 Å². The van der Waals surface area contributed by atoms with E-state index in [9.17, 15) is 9.59 Å². The van der Waals surface area contributed by atoms with Crippen LogP contribution in [0.2, 0.25) is 0 Å². The first kappa shape index (κ1) is 14.3. The zero-order chi connectivity index (χ0) is 14.2. The molecule has 2 saturated heterocycles. The molecule has 2 N–H and O–H groups in total. The number of hydrogen-bond donors (Lipinski definition) is 2. The molecule has 0 aromatic heterocycles. The fourth-order valence-electron chi connectivity index (χ4n) is 3.32. The summed E-state index contributed by atoms with van der Waals surface area (Å²) in [6, 6.07) is 0.0953. The third-order valence-corrected chi connectivity index (χ3v) is 4.14. The Balaban J connectivity index is 1.89. The van der Waals surface area contributed by atoms with Crippen LogP contribution >= 0.6 is 0 Å². The SMILES string of the molecule is CC(C)(C)NCCC(=O)N1C2CCC1C(C(=O)O)C2. The first-order valence-corrected chi connectivity index (χ1v) is 7.08. The molecule has 3 unspecified atom stereocenters. The summed E-state index contributed by atoms with van der Waals surface area (Å²) in [6.45, 7) is 6.85. The molecule has 1 amide bonds. The van der Waals surface area contributed by atoms with Gasteiger partial charge in [-0.15, -0.1) is 0 Å². The molecule has 5 heteroatoms. The van der Waals surface area contributed by atoms with E-state index >= 15 is 0 Å². The zero-order valence-electron chi connectivity index (χ0n) is 12.0. The Morgan fingerprint density at radius 1 is 1.32 bits per heavy atom. The first-order valence-electron chi connectivity index (χ1n) is 7.08. The minimum absolute atomic E-state index is 0.00781. The van der Waals surface area contributed by atoms with Gasteiger partial charge < -0.3 is 15.3 Å². The topological polar surface area (TPSA) is 69.6 Å². The van der Waals surface area contributed by atoms with Gasteiger partial charge in [0.25, 0.3) is 0 Å². The molecule has 0 saturated carbocycles. The molecule has 108 valence electrons. The first-order chi connectivity index (χ1) is 8.79. The Morgan fingerprint density at radius 3 is 2.53 bits per heavy atom. The summed E-state index contributed by atoms with van der Waals surface area (Å²) in [6.07, 6.45) is 2.90. The van der Waals surface area contributed by atoms with Crippen molar-refractivity contribution < 1.29 is 14.7 Å². The quantitative estimate of drug-likeness (QED) is 0.804. The summed E-state index contributed by atoms with van der Waals surface area (Å²) < 4.78 is 0. The molecule has 0 aromatic rings. The van der Waals surface area contributed by atoms with E-state index in [0.717, 1.165) is 12.8 Å². The molecule has 0 aliphatic carbocycles. The van der Waals surface area contributed by atoms with Gasteiger partial charge in [0.2, 0.25) is 5.91 Å². The van der Waals surface area contributed by atoms with E-state index in [0.29, 0.717) is 19.4 Å². The number of carbonyl (C=O) groups excluding carboxylic acids is 1.